The minimum Gasteiger partial charge on any atom is -0.508 e. The molecule has 5 heteroatoms. The van der Waals surface area contributed by atoms with E-state index >= 15 is 0 Å². The summed E-state index contributed by atoms with van der Waals surface area (Å²) in [5, 5.41) is 10.3. The Morgan fingerprint density at radius 3 is 0.909 bits per heavy atom. The molecule has 0 aromatic heterocycles. The van der Waals surface area contributed by atoms with Crippen molar-refractivity contribution in [3.63, 3.8) is 0 Å². The lowest BCUT2D eigenvalue weighted by molar-refractivity contribution is 0.475. The SMILES string of the molecule is O=Pc1ccc(Cc2ccc(Oc3ccc(Cc4ccc(Oc5ccc(Cc6ccc(O)cc6)cc5)cc4)cc3)cc2)cc1. The smallest absolute Gasteiger partial charge is 0.192 e. The maximum atomic E-state index is 11.0. The molecule has 0 fully saturated rings. The van der Waals surface area contributed by atoms with Crippen molar-refractivity contribution in [2.45, 2.75) is 19.3 Å². The minimum absolute atomic E-state index is 0.0494. The summed E-state index contributed by atoms with van der Waals surface area (Å²) in [6.45, 7) is 0. The van der Waals surface area contributed by atoms with Crippen LogP contribution in [-0.4, -0.2) is 5.11 Å². The molecule has 6 aromatic carbocycles. The highest BCUT2D eigenvalue weighted by atomic mass is 31.1. The van der Waals surface area contributed by atoms with E-state index in [1.165, 1.54) is 27.8 Å². The first-order valence-electron chi connectivity index (χ1n) is 14.5. The van der Waals surface area contributed by atoms with Crippen molar-refractivity contribution in [3.05, 3.63) is 179 Å². The summed E-state index contributed by atoms with van der Waals surface area (Å²) in [5.41, 5.74) is 7.11. The quantitative estimate of drug-likeness (QED) is 0.152. The molecule has 0 amide bonds. The van der Waals surface area contributed by atoms with Gasteiger partial charge >= 0.3 is 0 Å². The molecule has 0 aliphatic carbocycles. The Labute approximate surface area is 259 Å². The van der Waals surface area contributed by atoms with E-state index in [4.69, 9.17) is 9.47 Å². The van der Waals surface area contributed by atoms with E-state index in [9.17, 15) is 9.67 Å². The Balaban J connectivity index is 0.984. The van der Waals surface area contributed by atoms with Gasteiger partial charge in [0.2, 0.25) is 0 Å². The second-order valence-corrected chi connectivity index (χ2v) is 11.4. The normalized spacial score (nSPS) is 10.9. The maximum absolute atomic E-state index is 11.0. The van der Waals surface area contributed by atoms with Gasteiger partial charge in [0.05, 0.1) is 0 Å². The van der Waals surface area contributed by atoms with Crippen molar-refractivity contribution >= 4 is 13.8 Å². The third-order valence-corrected chi connectivity index (χ3v) is 7.88. The van der Waals surface area contributed by atoms with Crippen LogP contribution < -0.4 is 14.8 Å². The summed E-state index contributed by atoms with van der Waals surface area (Å²) >= 11 is 0. The van der Waals surface area contributed by atoms with Crippen LogP contribution in [0.1, 0.15) is 33.4 Å². The fourth-order valence-electron chi connectivity index (χ4n) is 4.97. The van der Waals surface area contributed by atoms with Crippen LogP contribution in [0.15, 0.2) is 146 Å². The molecule has 0 saturated carbocycles. The first-order valence-corrected chi connectivity index (χ1v) is 15.3. The van der Waals surface area contributed by atoms with Gasteiger partial charge in [-0.3, -0.25) is 4.57 Å². The average Bonchev–Trinajstić information content (AvgIpc) is 3.06. The summed E-state index contributed by atoms with van der Waals surface area (Å²) < 4.78 is 23.1. The molecule has 6 aromatic rings. The predicted octanol–water partition coefficient (Wildman–Crippen LogP) is 9.67. The molecule has 0 aliphatic heterocycles. The molecule has 1 N–H and O–H groups in total. The van der Waals surface area contributed by atoms with Crippen LogP contribution >= 0.6 is 8.46 Å². The topological polar surface area (TPSA) is 55.8 Å². The van der Waals surface area contributed by atoms with Gasteiger partial charge in [0.15, 0.2) is 8.46 Å². The molecular weight excluding hydrogens is 563 g/mol. The lowest BCUT2D eigenvalue weighted by atomic mass is 10.0. The second kappa shape index (κ2) is 13.9. The Morgan fingerprint density at radius 1 is 0.386 bits per heavy atom. The molecule has 0 spiro atoms. The van der Waals surface area contributed by atoms with Crippen LogP contribution in [0.5, 0.6) is 28.7 Å². The van der Waals surface area contributed by atoms with Crippen molar-refractivity contribution in [1.82, 2.24) is 0 Å². The Bertz CT molecular complexity index is 1790. The summed E-state index contributed by atoms with van der Waals surface area (Å²) in [6.07, 6.45) is 2.43. The van der Waals surface area contributed by atoms with E-state index in [0.29, 0.717) is 0 Å². The lowest BCUT2D eigenvalue weighted by Crippen LogP contribution is -1.94. The van der Waals surface area contributed by atoms with Crippen LogP contribution in [0.2, 0.25) is 0 Å². The first-order chi connectivity index (χ1) is 21.6. The number of aromatic hydroxyl groups is 1. The maximum Gasteiger partial charge on any atom is 0.192 e. The third-order valence-electron chi connectivity index (χ3n) is 7.37. The highest BCUT2D eigenvalue weighted by molar-refractivity contribution is 7.34. The molecule has 0 atom stereocenters. The molecule has 0 radical (unpaired) electrons. The lowest BCUT2D eigenvalue weighted by Gasteiger charge is -2.10. The van der Waals surface area contributed by atoms with Crippen molar-refractivity contribution in [3.8, 4) is 28.7 Å². The highest BCUT2D eigenvalue weighted by Gasteiger charge is 2.04. The third kappa shape index (κ3) is 8.01. The van der Waals surface area contributed by atoms with Gasteiger partial charge in [-0.1, -0.05) is 72.8 Å². The number of rotatable bonds is 11. The van der Waals surface area contributed by atoms with Crippen molar-refractivity contribution in [1.29, 1.82) is 0 Å². The molecule has 216 valence electrons. The fraction of sp³-hybridized carbons (Fsp3) is 0.0769. The number of phenols is 1. The Morgan fingerprint density at radius 2 is 0.636 bits per heavy atom. The number of hydrogen-bond donors (Lipinski definition) is 1. The molecule has 0 heterocycles. The number of hydrogen-bond acceptors (Lipinski definition) is 4. The molecule has 6 rings (SSSR count). The van der Waals surface area contributed by atoms with Crippen LogP contribution in [0.3, 0.4) is 0 Å². The minimum atomic E-state index is 0.0494. The van der Waals surface area contributed by atoms with Crippen molar-refractivity contribution < 1.29 is 19.1 Å². The van der Waals surface area contributed by atoms with Gasteiger partial charge in [0, 0.05) is 5.30 Å². The van der Waals surface area contributed by atoms with E-state index in [2.05, 4.69) is 48.5 Å². The molecular formula is C39H31O4P. The molecule has 4 nitrogen and oxygen atoms in total. The zero-order valence-electron chi connectivity index (χ0n) is 24.1. The van der Waals surface area contributed by atoms with E-state index in [-0.39, 0.29) is 14.2 Å². The Hall–Kier alpha value is -5.18. The van der Waals surface area contributed by atoms with Crippen molar-refractivity contribution in [2.24, 2.45) is 0 Å². The number of phenolic OH excluding ortho intramolecular Hbond substituents is 1. The number of benzene rings is 6. The molecule has 0 bridgehead atoms. The standard InChI is InChI=1S/C39H31O4P/c40-34-13-1-28(2-14-34)25-29-3-15-35(16-4-29)42-36-17-5-30(6-18-36)26-31-7-19-37(20-8-31)43-38-21-9-32(10-22-38)27-33-11-23-39(44-41)24-12-33/h1-24,40H,25-27H2. The van der Waals surface area contributed by atoms with E-state index in [1.54, 1.807) is 12.1 Å². The van der Waals surface area contributed by atoms with E-state index < -0.39 is 0 Å². The van der Waals surface area contributed by atoms with Crippen LogP contribution in [0.4, 0.5) is 0 Å². The van der Waals surface area contributed by atoms with Gasteiger partial charge in [-0.15, -0.1) is 0 Å². The van der Waals surface area contributed by atoms with Gasteiger partial charge in [-0.05, 0) is 125 Å². The van der Waals surface area contributed by atoms with E-state index in [1.807, 2.05) is 84.9 Å². The van der Waals surface area contributed by atoms with Crippen LogP contribution in [0, 0.1) is 0 Å². The predicted molar refractivity (Wildman–Crippen MR) is 176 cm³/mol. The highest BCUT2D eigenvalue weighted by Crippen LogP contribution is 2.26. The largest absolute Gasteiger partial charge is 0.508 e. The van der Waals surface area contributed by atoms with Gasteiger partial charge in [0.1, 0.15) is 28.7 Å². The summed E-state index contributed by atoms with van der Waals surface area (Å²) in [6, 6.07) is 47.7. The Kier molecular flexibility index (Phi) is 9.11. The molecule has 44 heavy (non-hydrogen) atoms. The van der Waals surface area contributed by atoms with Gasteiger partial charge in [0.25, 0.3) is 0 Å². The summed E-state index contributed by atoms with van der Waals surface area (Å²) in [7, 11) is 0.0494. The summed E-state index contributed by atoms with van der Waals surface area (Å²) in [5.74, 6) is 3.47. The zero-order chi connectivity index (χ0) is 30.1. The van der Waals surface area contributed by atoms with Gasteiger partial charge < -0.3 is 14.6 Å². The molecule has 0 unspecified atom stereocenters. The monoisotopic (exact) mass is 594 g/mol. The van der Waals surface area contributed by atoms with Crippen molar-refractivity contribution in [2.75, 3.05) is 0 Å². The fourth-order valence-corrected chi connectivity index (χ4v) is 5.24. The van der Waals surface area contributed by atoms with Crippen LogP contribution in [-0.2, 0) is 23.8 Å². The zero-order valence-corrected chi connectivity index (χ0v) is 25.0. The second-order valence-electron chi connectivity index (χ2n) is 10.7. The average molecular weight is 595 g/mol. The van der Waals surface area contributed by atoms with Gasteiger partial charge in [-0.25, -0.2) is 0 Å². The van der Waals surface area contributed by atoms with Crippen LogP contribution in [0.25, 0.3) is 0 Å². The molecule has 0 aliphatic rings. The van der Waals surface area contributed by atoms with E-state index in [0.717, 1.165) is 53.1 Å². The number of ether oxygens (including phenoxy) is 2. The first kappa shape index (κ1) is 28.9. The van der Waals surface area contributed by atoms with Gasteiger partial charge in [-0.2, -0.15) is 0 Å². The molecule has 0 saturated heterocycles. The summed E-state index contributed by atoms with van der Waals surface area (Å²) in [4.78, 5) is 0.